The van der Waals surface area contributed by atoms with Gasteiger partial charge in [-0.2, -0.15) is 0 Å². The summed E-state index contributed by atoms with van der Waals surface area (Å²) in [6.07, 6.45) is 4.58. The Bertz CT molecular complexity index is 848. The highest BCUT2D eigenvalue weighted by molar-refractivity contribution is 5.81. The van der Waals surface area contributed by atoms with Crippen molar-refractivity contribution < 1.29 is 4.39 Å². The molecule has 0 fully saturated rings. The Hall–Kier alpha value is -2.95. The molecule has 0 aliphatic carbocycles. The second-order valence-electron chi connectivity index (χ2n) is 5.11. The number of benzene rings is 1. The molecule has 108 valence electrons. The molecule has 4 rings (SSSR count). The summed E-state index contributed by atoms with van der Waals surface area (Å²) in [6.45, 7) is 0.672. The van der Waals surface area contributed by atoms with Crippen molar-refractivity contribution >= 4 is 17.2 Å². The maximum absolute atomic E-state index is 13.9. The first-order valence-electron chi connectivity index (χ1n) is 7.00. The lowest BCUT2D eigenvalue weighted by Gasteiger charge is -2.11. The van der Waals surface area contributed by atoms with E-state index >= 15 is 0 Å². The SMILES string of the molecule is Fc1cnccc1-c1ccc2c(c1)NCc1cccnc1N2. The van der Waals surface area contributed by atoms with E-state index in [9.17, 15) is 4.39 Å². The molecule has 22 heavy (non-hydrogen) atoms. The Morgan fingerprint density at radius 1 is 1.05 bits per heavy atom. The molecule has 2 N–H and O–H groups in total. The first-order valence-corrected chi connectivity index (χ1v) is 7.00. The van der Waals surface area contributed by atoms with Crippen LogP contribution in [0.5, 0.6) is 0 Å². The lowest BCUT2D eigenvalue weighted by atomic mass is 10.1. The van der Waals surface area contributed by atoms with Crippen molar-refractivity contribution in [2.75, 3.05) is 10.6 Å². The molecular weight excluding hydrogens is 279 g/mol. The maximum atomic E-state index is 13.9. The Balaban J connectivity index is 1.76. The first kappa shape index (κ1) is 12.8. The fourth-order valence-corrected chi connectivity index (χ4v) is 2.59. The molecule has 1 aromatic carbocycles. The van der Waals surface area contributed by atoms with Crippen LogP contribution in [0.25, 0.3) is 11.1 Å². The molecule has 0 radical (unpaired) electrons. The standard InChI is InChI=1S/C17H13FN4/c18-14-10-19-7-5-13(14)11-3-4-15-16(8-11)21-9-12-2-1-6-20-17(12)22-15/h1-8,10,21H,9H2,(H,20,22). The van der Waals surface area contributed by atoms with Crippen LogP contribution in [0, 0.1) is 5.82 Å². The van der Waals surface area contributed by atoms with E-state index in [4.69, 9.17) is 0 Å². The second-order valence-corrected chi connectivity index (χ2v) is 5.11. The molecule has 0 saturated heterocycles. The van der Waals surface area contributed by atoms with E-state index in [2.05, 4.69) is 20.6 Å². The quantitative estimate of drug-likeness (QED) is 0.713. The largest absolute Gasteiger partial charge is 0.379 e. The smallest absolute Gasteiger partial charge is 0.149 e. The number of pyridine rings is 2. The third kappa shape index (κ3) is 2.16. The number of hydrogen-bond acceptors (Lipinski definition) is 4. The number of aromatic nitrogens is 2. The van der Waals surface area contributed by atoms with Gasteiger partial charge in [0.2, 0.25) is 0 Å². The number of rotatable bonds is 1. The third-order valence-electron chi connectivity index (χ3n) is 3.72. The van der Waals surface area contributed by atoms with Crippen LogP contribution in [0.15, 0.2) is 55.0 Å². The predicted molar refractivity (Wildman–Crippen MR) is 84.5 cm³/mol. The molecule has 0 bridgehead atoms. The van der Waals surface area contributed by atoms with Gasteiger partial charge in [0.1, 0.15) is 11.6 Å². The third-order valence-corrected chi connectivity index (χ3v) is 3.72. The molecule has 5 heteroatoms. The van der Waals surface area contributed by atoms with Crippen LogP contribution in [0.4, 0.5) is 21.6 Å². The van der Waals surface area contributed by atoms with Gasteiger partial charge in [-0.15, -0.1) is 0 Å². The molecular formula is C17H13FN4. The Kier molecular flexibility index (Phi) is 2.96. The molecule has 0 unspecified atom stereocenters. The molecule has 1 aliphatic heterocycles. The van der Waals surface area contributed by atoms with Gasteiger partial charge in [0.25, 0.3) is 0 Å². The molecule has 2 aromatic heterocycles. The Morgan fingerprint density at radius 3 is 2.91 bits per heavy atom. The predicted octanol–water partition coefficient (Wildman–Crippen LogP) is 3.95. The fraction of sp³-hybridized carbons (Fsp3) is 0.0588. The van der Waals surface area contributed by atoms with Gasteiger partial charge in [0.05, 0.1) is 17.6 Å². The summed E-state index contributed by atoms with van der Waals surface area (Å²) < 4.78 is 13.9. The molecule has 3 heterocycles. The number of fused-ring (bicyclic) bond motifs is 2. The van der Waals surface area contributed by atoms with Gasteiger partial charge in [-0.25, -0.2) is 9.37 Å². The van der Waals surface area contributed by atoms with Crippen LogP contribution >= 0.6 is 0 Å². The van der Waals surface area contributed by atoms with Crippen molar-refractivity contribution in [3.8, 4) is 11.1 Å². The van der Waals surface area contributed by atoms with E-state index in [-0.39, 0.29) is 5.82 Å². The highest BCUT2D eigenvalue weighted by Crippen LogP contribution is 2.34. The van der Waals surface area contributed by atoms with Crippen molar-refractivity contribution in [1.29, 1.82) is 0 Å². The van der Waals surface area contributed by atoms with Crippen molar-refractivity contribution in [1.82, 2.24) is 9.97 Å². The van der Waals surface area contributed by atoms with Crippen molar-refractivity contribution in [3.05, 3.63) is 66.4 Å². The van der Waals surface area contributed by atoms with Crippen LogP contribution < -0.4 is 10.6 Å². The number of halogens is 1. The zero-order valence-corrected chi connectivity index (χ0v) is 11.7. The molecule has 4 nitrogen and oxygen atoms in total. The maximum Gasteiger partial charge on any atom is 0.149 e. The highest BCUT2D eigenvalue weighted by atomic mass is 19.1. The average molecular weight is 292 g/mol. The van der Waals surface area contributed by atoms with Crippen molar-refractivity contribution in [2.45, 2.75) is 6.54 Å². The zero-order valence-electron chi connectivity index (χ0n) is 11.7. The number of hydrogen-bond donors (Lipinski definition) is 2. The molecule has 3 aromatic rings. The number of nitrogens with one attached hydrogen (secondary N) is 2. The van der Waals surface area contributed by atoms with E-state index < -0.39 is 0 Å². The summed E-state index contributed by atoms with van der Waals surface area (Å²) >= 11 is 0. The lowest BCUT2D eigenvalue weighted by Crippen LogP contribution is -1.98. The van der Waals surface area contributed by atoms with Crippen LogP contribution in [0.3, 0.4) is 0 Å². The fourth-order valence-electron chi connectivity index (χ4n) is 2.59. The summed E-state index contributed by atoms with van der Waals surface area (Å²) in [6, 6.07) is 11.4. The summed E-state index contributed by atoms with van der Waals surface area (Å²) in [5.74, 6) is 0.519. The highest BCUT2D eigenvalue weighted by Gasteiger charge is 2.14. The molecule has 0 saturated carbocycles. The Morgan fingerprint density at radius 2 is 2.00 bits per heavy atom. The molecule has 1 aliphatic rings. The minimum atomic E-state index is -0.325. The monoisotopic (exact) mass is 292 g/mol. The zero-order chi connectivity index (χ0) is 14.9. The van der Waals surface area contributed by atoms with E-state index in [1.165, 1.54) is 6.20 Å². The molecule has 0 atom stereocenters. The normalized spacial score (nSPS) is 12.4. The summed E-state index contributed by atoms with van der Waals surface area (Å²) in [5, 5.41) is 6.69. The van der Waals surface area contributed by atoms with E-state index in [0.717, 1.165) is 28.3 Å². The van der Waals surface area contributed by atoms with Crippen LogP contribution in [-0.2, 0) is 6.54 Å². The van der Waals surface area contributed by atoms with Crippen molar-refractivity contribution in [3.63, 3.8) is 0 Å². The number of nitrogens with zero attached hydrogens (tertiary/aromatic N) is 2. The summed E-state index contributed by atoms with van der Waals surface area (Å²) in [5.41, 5.74) is 4.30. The molecule has 0 spiro atoms. The van der Waals surface area contributed by atoms with Gasteiger partial charge in [0, 0.05) is 30.1 Å². The van der Waals surface area contributed by atoms with Crippen LogP contribution in [-0.4, -0.2) is 9.97 Å². The number of anilines is 3. The van der Waals surface area contributed by atoms with Gasteiger partial charge < -0.3 is 10.6 Å². The van der Waals surface area contributed by atoms with Gasteiger partial charge in [-0.3, -0.25) is 4.98 Å². The summed E-state index contributed by atoms with van der Waals surface area (Å²) in [7, 11) is 0. The Labute approximate surface area is 127 Å². The molecule has 0 amide bonds. The van der Waals surface area contributed by atoms with Gasteiger partial charge in [-0.1, -0.05) is 12.1 Å². The summed E-state index contributed by atoms with van der Waals surface area (Å²) in [4.78, 5) is 8.14. The van der Waals surface area contributed by atoms with Gasteiger partial charge in [0.15, 0.2) is 0 Å². The lowest BCUT2D eigenvalue weighted by molar-refractivity contribution is 0.625. The average Bonchev–Trinajstić information content (AvgIpc) is 2.74. The first-order chi connectivity index (χ1) is 10.8. The topological polar surface area (TPSA) is 49.8 Å². The van der Waals surface area contributed by atoms with Gasteiger partial charge >= 0.3 is 0 Å². The van der Waals surface area contributed by atoms with Gasteiger partial charge in [-0.05, 0) is 29.8 Å². The van der Waals surface area contributed by atoms with E-state index in [1.54, 1.807) is 18.5 Å². The second kappa shape index (κ2) is 5.11. The van der Waals surface area contributed by atoms with Crippen LogP contribution in [0.1, 0.15) is 5.56 Å². The van der Waals surface area contributed by atoms with E-state index in [0.29, 0.717) is 12.1 Å². The minimum absolute atomic E-state index is 0.325. The van der Waals surface area contributed by atoms with Crippen molar-refractivity contribution in [2.24, 2.45) is 0 Å². The van der Waals surface area contributed by atoms with Crippen LogP contribution in [0.2, 0.25) is 0 Å². The van der Waals surface area contributed by atoms with E-state index in [1.807, 2.05) is 30.3 Å². The minimum Gasteiger partial charge on any atom is -0.379 e.